The number of halogens is 2. The normalized spacial score (nSPS) is 27.2. The zero-order valence-electron chi connectivity index (χ0n) is 9.75. The molecule has 2 heterocycles. The summed E-state index contributed by atoms with van der Waals surface area (Å²) in [5.74, 6) is 0. The van der Waals surface area contributed by atoms with Crippen molar-refractivity contribution in [3.63, 3.8) is 0 Å². The van der Waals surface area contributed by atoms with Crippen LogP contribution in [0.2, 0.25) is 0 Å². The number of nitrogens with zero attached hydrogens (tertiary/aromatic N) is 1. The van der Waals surface area contributed by atoms with Crippen LogP contribution < -0.4 is 11.2 Å². The highest BCUT2D eigenvalue weighted by molar-refractivity contribution is 9.11. The number of nitrogens with one attached hydrogen (secondary N) is 1. The van der Waals surface area contributed by atoms with Gasteiger partial charge in [-0.2, -0.15) is 0 Å². The molecule has 0 bridgehead atoms. The van der Waals surface area contributed by atoms with Crippen molar-refractivity contribution in [1.82, 2.24) is 9.55 Å². The van der Waals surface area contributed by atoms with Gasteiger partial charge in [-0.05, 0) is 11.1 Å². The van der Waals surface area contributed by atoms with Crippen LogP contribution in [-0.2, 0) is 4.74 Å². The van der Waals surface area contributed by atoms with Crippen molar-refractivity contribution >= 4 is 37.9 Å². The van der Waals surface area contributed by atoms with Gasteiger partial charge < -0.3 is 9.84 Å². The van der Waals surface area contributed by atoms with Gasteiger partial charge in [0.15, 0.2) is 0 Å². The minimum absolute atomic E-state index is 0.0310. The maximum absolute atomic E-state index is 11.8. The molecule has 6 nitrogen and oxygen atoms in total. The summed E-state index contributed by atoms with van der Waals surface area (Å²) in [4.78, 5) is 27.1. The summed E-state index contributed by atoms with van der Waals surface area (Å²) in [6.45, 7) is -0.126. The SMILES string of the molecule is O=c1[nH]c(=O)n(C2CC(Br)C(CO)O2)cc1C=CBr. The average Bonchev–Trinajstić information content (AvgIpc) is 2.74. The first-order valence-electron chi connectivity index (χ1n) is 5.59. The largest absolute Gasteiger partial charge is 0.394 e. The first-order valence-corrected chi connectivity index (χ1v) is 7.42. The molecule has 0 radical (unpaired) electrons. The predicted molar refractivity (Wildman–Crippen MR) is 77.6 cm³/mol. The maximum Gasteiger partial charge on any atom is 0.330 e. The number of hydrogen-bond donors (Lipinski definition) is 2. The highest BCUT2D eigenvalue weighted by Crippen LogP contribution is 2.32. The molecule has 0 spiro atoms. The van der Waals surface area contributed by atoms with Crippen molar-refractivity contribution in [1.29, 1.82) is 0 Å². The van der Waals surface area contributed by atoms with Gasteiger partial charge in [-0.1, -0.05) is 31.9 Å². The molecule has 1 fully saturated rings. The molecule has 2 N–H and O–H groups in total. The van der Waals surface area contributed by atoms with E-state index in [1.54, 1.807) is 6.08 Å². The van der Waals surface area contributed by atoms with Gasteiger partial charge in [0.1, 0.15) is 6.23 Å². The van der Waals surface area contributed by atoms with Crippen LogP contribution >= 0.6 is 31.9 Å². The molecule has 0 saturated carbocycles. The van der Waals surface area contributed by atoms with Crippen molar-refractivity contribution in [2.75, 3.05) is 6.61 Å². The Morgan fingerprint density at radius 2 is 2.32 bits per heavy atom. The summed E-state index contributed by atoms with van der Waals surface area (Å²) >= 11 is 6.48. The monoisotopic (exact) mass is 394 g/mol. The van der Waals surface area contributed by atoms with Crippen LogP contribution in [0.1, 0.15) is 18.2 Å². The number of aliphatic hydroxyl groups is 1. The third kappa shape index (κ3) is 3.07. The molecule has 2 rings (SSSR count). The Labute approximate surface area is 125 Å². The summed E-state index contributed by atoms with van der Waals surface area (Å²) in [5, 5.41) is 9.14. The quantitative estimate of drug-likeness (QED) is 0.746. The van der Waals surface area contributed by atoms with Gasteiger partial charge in [-0.15, -0.1) is 0 Å². The molecule has 3 unspecified atom stereocenters. The van der Waals surface area contributed by atoms with Crippen LogP contribution in [0.5, 0.6) is 0 Å². The number of hydrogen-bond acceptors (Lipinski definition) is 4. The topological polar surface area (TPSA) is 84.3 Å². The number of ether oxygens (including phenoxy) is 1. The highest BCUT2D eigenvalue weighted by Gasteiger charge is 2.34. The standard InChI is InChI=1S/C11H12Br2N2O4/c12-2-1-6-4-15(11(18)14-10(6)17)9-3-7(13)8(5-16)19-9/h1-2,4,7-9,16H,3,5H2,(H,14,17,18). The third-order valence-electron chi connectivity index (χ3n) is 2.89. The summed E-state index contributed by atoms with van der Waals surface area (Å²) in [7, 11) is 0. The Kier molecular flexibility index (Phi) is 4.77. The van der Waals surface area contributed by atoms with Crippen LogP contribution in [0.25, 0.3) is 6.08 Å². The van der Waals surface area contributed by atoms with Gasteiger partial charge in [0.05, 0.1) is 18.3 Å². The van der Waals surface area contributed by atoms with Gasteiger partial charge in [0.2, 0.25) is 0 Å². The van der Waals surface area contributed by atoms with Crippen LogP contribution in [-0.4, -0.2) is 32.2 Å². The van der Waals surface area contributed by atoms with E-state index in [1.807, 2.05) is 0 Å². The molecule has 0 aromatic carbocycles. The van der Waals surface area contributed by atoms with Crippen LogP contribution in [0.4, 0.5) is 0 Å². The van der Waals surface area contributed by atoms with Crippen molar-refractivity contribution in [3.05, 3.63) is 37.6 Å². The summed E-state index contributed by atoms with van der Waals surface area (Å²) in [6.07, 6.45) is 2.66. The number of alkyl halides is 1. The lowest BCUT2D eigenvalue weighted by atomic mass is 10.2. The zero-order valence-corrected chi connectivity index (χ0v) is 12.9. The van der Waals surface area contributed by atoms with E-state index in [9.17, 15) is 9.59 Å². The minimum atomic E-state index is -0.528. The lowest BCUT2D eigenvalue weighted by molar-refractivity contribution is -0.0235. The molecule has 1 aliphatic rings. The molecule has 3 atom stereocenters. The summed E-state index contributed by atoms with van der Waals surface area (Å²) < 4.78 is 6.90. The van der Waals surface area contributed by atoms with Crippen LogP contribution in [0.3, 0.4) is 0 Å². The fourth-order valence-corrected chi connectivity index (χ4v) is 2.82. The van der Waals surface area contributed by atoms with Gasteiger partial charge >= 0.3 is 5.69 Å². The van der Waals surface area contributed by atoms with Gasteiger partial charge in [-0.25, -0.2) is 4.79 Å². The van der Waals surface area contributed by atoms with E-state index in [0.717, 1.165) is 0 Å². The fourth-order valence-electron chi connectivity index (χ4n) is 1.92. The van der Waals surface area contributed by atoms with E-state index < -0.39 is 17.5 Å². The fraction of sp³-hybridized carbons (Fsp3) is 0.455. The van der Waals surface area contributed by atoms with E-state index in [4.69, 9.17) is 9.84 Å². The van der Waals surface area contributed by atoms with Gasteiger partial charge in [0.25, 0.3) is 5.56 Å². The third-order valence-corrected chi connectivity index (χ3v) is 4.12. The molecule has 0 aliphatic carbocycles. The second-order valence-corrected chi connectivity index (χ2v) is 5.81. The molecular weight excluding hydrogens is 384 g/mol. The lowest BCUT2D eigenvalue weighted by Crippen LogP contribution is -2.33. The summed E-state index contributed by atoms with van der Waals surface area (Å²) in [5.41, 5.74) is -0.636. The molecular formula is C11H12Br2N2O4. The van der Waals surface area contributed by atoms with Crippen molar-refractivity contribution in [2.24, 2.45) is 0 Å². The molecule has 1 aromatic rings. The Balaban J connectivity index is 2.38. The smallest absolute Gasteiger partial charge is 0.330 e. The molecule has 1 aliphatic heterocycles. The lowest BCUT2D eigenvalue weighted by Gasteiger charge is -2.14. The number of aliphatic hydroxyl groups excluding tert-OH is 1. The Morgan fingerprint density at radius 1 is 1.58 bits per heavy atom. The van der Waals surface area contributed by atoms with Crippen LogP contribution in [0, 0.1) is 0 Å². The number of rotatable bonds is 3. The Hall–Kier alpha value is -0.700. The predicted octanol–water partition coefficient (Wildman–Crippen LogP) is 0.945. The van der Waals surface area contributed by atoms with E-state index in [1.165, 1.54) is 15.7 Å². The summed E-state index contributed by atoms with van der Waals surface area (Å²) in [6, 6.07) is 0. The second-order valence-electron chi connectivity index (χ2n) is 4.11. The first-order chi connectivity index (χ1) is 9.06. The highest BCUT2D eigenvalue weighted by atomic mass is 79.9. The first kappa shape index (κ1) is 14.7. The van der Waals surface area contributed by atoms with Gasteiger partial charge in [0, 0.05) is 17.4 Å². The molecule has 104 valence electrons. The second kappa shape index (κ2) is 6.17. The minimum Gasteiger partial charge on any atom is -0.394 e. The Bertz CT molecular complexity index is 595. The molecule has 1 saturated heterocycles. The number of aromatic amines is 1. The van der Waals surface area contributed by atoms with Crippen LogP contribution in [0.15, 0.2) is 20.8 Å². The molecule has 0 amide bonds. The average molecular weight is 396 g/mol. The van der Waals surface area contributed by atoms with E-state index >= 15 is 0 Å². The van der Waals surface area contributed by atoms with E-state index in [-0.39, 0.29) is 17.5 Å². The van der Waals surface area contributed by atoms with E-state index in [2.05, 4.69) is 36.8 Å². The molecule has 1 aromatic heterocycles. The number of aromatic nitrogens is 2. The van der Waals surface area contributed by atoms with Crippen molar-refractivity contribution < 1.29 is 9.84 Å². The maximum atomic E-state index is 11.8. The van der Waals surface area contributed by atoms with Gasteiger partial charge in [-0.3, -0.25) is 14.3 Å². The number of H-pyrrole nitrogens is 1. The van der Waals surface area contributed by atoms with E-state index in [0.29, 0.717) is 12.0 Å². The molecule has 8 heteroatoms. The van der Waals surface area contributed by atoms with Crippen molar-refractivity contribution in [3.8, 4) is 0 Å². The Morgan fingerprint density at radius 3 is 2.89 bits per heavy atom. The zero-order chi connectivity index (χ0) is 14.0. The van der Waals surface area contributed by atoms with Crippen molar-refractivity contribution in [2.45, 2.75) is 23.6 Å². The molecule has 19 heavy (non-hydrogen) atoms.